The summed E-state index contributed by atoms with van der Waals surface area (Å²) in [6, 6.07) is 5.89. The molecular formula is C18H8ClFN6O2. The summed E-state index contributed by atoms with van der Waals surface area (Å²) in [4.78, 5) is 27.3. The van der Waals surface area contributed by atoms with Crippen molar-refractivity contribution in [1.29, 1.82) is 0 Å². The van der Waals surface area contributed by atoms with Crippen molar-refractivity contribution in [2.75, 3.05) is 0 Å². The van der Waals surface area contributed by atoms with Crippen LogP contribution < -0.4 is 0 Å². The zero-order valence-electron chi connectivity index (χ0n) is 13.8. The van der Waals surface area contributed by atoms with Gasteiger partial charge in [0.2, 0.25) is 5.28 Å². The highest BCUT2D eigenvalue weighted by Crippen LogP contribution is 2.20. The van der Waals surface area contributed by atoms with E-state index in [1.54, 1.807) is 18.2 Å². The number of carbonyl (C=O) groups is 1. The lowest BCUT2D eigenvalue weighted by Gasteiger charge is -2.00. The van der Waals surface area contributed by atoms with E-state index in [1.165, 1.54) is 18.6 Å². The molecule has 3 aromatic heterocycles. The second-order valence-corrected chi connectivity index (χ2v) is 5.80. The van der Waals surface area contributed by atoms with Gasteiger partial charge in [0, 0.05) is 23.3 Å². The molecule has 3 heterocycles. The van der Waals surface area contributed by atoms with Crippen molar-refractivity contribution >= 4 is 28.6 Å². The molecule has 0 atom stereocenters. The highest BCUT2D eigenvalue weighted by atomic mass is 35.5. The van der Waals surface area contributed by atoms with Crippen molar-refractivity contribution in [3.8, 4) is 23.4 Å². The van der Waals surface area contributed by atoms with Crippen LogP contribution in [0.2, 0.25) is 5.28 Å². The molecule has 0 unspecified atom stereocenters. The first-order valence-corrected chi connectivity index (χ1v) is 8.13. The summed E-state index contributed by atoms with van der Waals surface area (Å²) < 4.78 is 14.9. The topological polar surface area (TPSA) is 107 Å². The number of hydrogen-bond acceptors (Lipinski definition) is 6. The second kappa shape index (κ2) is 7.02. The Bertz CT molecular complexity index is 1290. The molecule has 0 aliphatic heterocycles. The van der Waals surface area contributed by atoms with Crippen molar-refractivity contribution in [2.24, 2.45) is 0 Å². The van der Waals surface area contributed by atoms with E-state index >= 15 is 0 Å². The molecule has 0 fully saturated rings. The number of carboxylic acid groups (broad SMARTS) is 1. The van der Waals surface area contributed by atoms with Crippen LogP contribution in [0.3, 0.4) is 0 Å². The van der Waals surface area contributed by atoms with Crippen molar-refractivity contribution in [1.82, 2.24) is 29.7 Å². The molecule has 28 heavy (non-hydrogen) atoms. The second-order valence-electron chi connectivity index (χ2n) is 5.46. The summed E-state index contributed by atoms with van der Waals surface area (Å²) >= 11 is 5.77. The van der Waals surface area contributed by atoms with E-state index in [9.17, 15) is 9.18 Å². The van der Waals surface area contributed by atoms with Gasteiger partial charge in [0.25, 0.3) is 0 Å². The zero-order valence-corrected chi connectivity index (χ0v) is 14.6. The van der Waals surface area contributed by atoms with E-state index in [2.05, 4.69) is 36.9 Å². The fourth-order valence-electron chi connectivity index (χ4n) is 2.48. The summed E-state index contributed by atoms with van der Waals surface area (Å²) in [5.41, 5.74) is 1.06. The smallest absolute Gasteiger partial charge is 0.432 e. The van der Waals surface area contributed by atoms with Crippen molar-refractivity contribution in [3.05, 3.63) is 65.2 Å². The monoisotopic (exact) mass is 394 g/mol. The van der Waals surface area contributed by atoms with Crippen LogP contribution in [0.4, 0.5) is 9.18 Å². The highest BCUT2D eigenvalue weighted by Gasteiger charge is 2.14. The molecule has 0 saturated carbocycles. The van der Waals surface area contributed by atoms with E-state index < -0.39 is 11.9 Å². The third kappa shape index (κ3) is 3.36. The van der Waals surface area contributed by atoms with E-state index in [4.69, 9.17) is 16.7 Å². The van der Waals surface area contributed by atoms with Crippen LogP contribution in [-0.2, 0) is 0 Å². The fourth-order valence-corrected chi connectivity index (χ4v) is 2.63. The van der Waals surface area contributed by atoms with Crippen LogP contribution in [0.5, 0.6) is 0 Å². The highest BCUT2D eigenvalue weighted by molar-refractivity contribution is 6.28. The predicted octanol–water partition coefficient (Wildman–Crippen LogP) is 3.00. The van der Waals surface area contributed by atoms with Gasteiger partial charge < -0.3 is 5.11 Å². The molecule has 0 spiro atoms. The number of aromatic nitrogens is 6. The average Bonchev–Trinajstić information content (AvgIpc) is 3.12. The molecule has 0 amide bonds. The Morgan fingerprint density at radius 2 is 1.96 bits per heavy atom. The van der Waals surface area contributed by atoms with Crippen LogP contribution in [-0.4, -0.2) is 40.9 Å². The van der Waals surface area contributed by atoms with Gasteiger partial charge in [0.05, 0.1) is 6.20 Å². The number of hydrogen-bond donors (Lipinski definition) is 1. The van der Waals surface area contributed by atoms with Gasteiger partial charge in [0.1, 0.15) is 16.9 Å². The van der Waals surface area contributed by atoms with Gasteiger partial charge in [-0.05, 0) is 41.8 Å². The summed E-state index contributed by atoms with van der Waals surface area (Å²) in [6.07, 6.45) is 2.90. The van der Waals surface area contributed by atoms with Gasteiger partial charge in [-0.3, -0.25) is 0 Å². The SMILES string of the molecule is O=C(O)n1ncc2cc(C#Cc3ccnc(-c4ccnc(Cl)n4)n3)cc(F)c21. The van der Waals surface area contributed by atoms with Crippen molar-refractivity contribution in [2.45, 2.75) is 0 Å². The molecular weight excluding hydrogens is 387 g/mol. The molecule has 8 nitrogen and oxygen atoms in total. The Labute approximate surface area is 161 Å². The molecule has 0 aliphatic carbocycles. The number of halogens is 2. The number of rotatable bonds is 1. The third-order valence-electron chi connectivity index (χ3n) is 3.64. The molecule has 1 N–H and O–H groups in total. The maximum Gasteiger partial charge on any atom is 0.432 e. The van der Waals surface area contributed by atoms with Gasteiger partial charge >= 0.3 is 6.09 Å². The first-order valence-electron chi connectivity index (χ1n) is 7.76. The quantitative estimate of drug-likeness (QED) is 0.390. The van der Waals surface area contributed by atoms with Gasteiger partial charge in [-0.25, -0.2) is 29.1 Å². The molecule has 136 valence electrons. The maximum absolute atomic E-state index is 14.3. The van der Waals surface area contributed by atoms with Crippen molar-refractivity contribution < 1.29 is 14.3 Å². The Balaban J connectivity index is 1.70. The molecule has 4 rings (SSSR count). The van der Waals surface area contributed by atoms with Gasteiger partial charge in [-0.1, -0.05) is 5.92 Å². The Morgan fingerprint density at radius 1 is 1.14 bits per heavy atom. The maximum atomic E-state index is 14.3. The summed E-state index contributed by atoms with van der Waals surface area (Å²) in [7, 11) is 0. The minimum Gasteiger partial charge on any atom is -0.463 e. The lowest BCUT2D eigenvalue weighted by molar-refractivity contribution is 0.193. The van der Waals surface area contributed by atoms with E-state index in [0.717, 1.165) is 6.07 Å². The normalized spacial score (nSPS) is 10.5. The molecule has 0 radical (unpaired) electrons. The zero-order chi connectivity index (χ0) is 19.7. The molecule has 0 bridgehead atoms. The molecule has 0 aliphatic rings. The molecule has 10 heteroatoms. The average molecular weight is 395 g/mol. The Kier molecular flexibility index (Phi) is 4.39. The van der Waals surface area contributed by atoms with Crippen LogP contribution >= 0.6 is 11.6 Å². The molecule has 1 aromatic carbocycles. The van der Waals surface area contributed by atoms with Gasteiger partial charge in [-0.2, -0.15) is 9.78 Å². The van der Waals surface area contributed by atoms with Gasteiger partial charge in [0.15, 0.2) is 11.6 Å². The van der Waals surface area contributed by atoms with Crippen LogP contribution in [0.25, 0.3) is 22.4 Å². The largest absolute Gasteiger partial charge is 0.463 e. The first-order chi connectivity index (χ1) is 13.5. The number of benzene rings is 1. The number of fused-ring (bicyclic) bond motifs is 1. The number of nitrogens with zero attached hydrogens (tertiary/aromatic N) is 6. The lowest BCUT2D eigenvalue weighted by Crippen LogP contribution is -2.10. The Hall–Kier alpha value is -3.90. The Morgan fingerprint density at radius 3 is 2.75 bits per heavy atom. The van der Waals surface area contributed by atoms with Gasteiger partial charge in [-0.15, -0.1) is 0 Å². The fraction of sp³-hybridized carbons (Fsp3) is 0. The lowest BCUT2D eigenvalue weighted by atomic mass is 10.1. The van der Waals surface area contributed by atoms with Crippen LogP contribution in [0.15, 0.2) is 42.9 Å². The minimum absolute atomic E-state index is 0.0725. The minimum atomic E-state index is -1.37. The summed E-state index contributed by atoms with van der Waals surface area (Å²) in [5, 5.41) is 13.1. The van der Waals surface area contributed by atoms with Crippen molar-refractivity contribution in [3.63, 3.8) is 0 Å². The first kappa shape index (κ1) is 17.5. The van der Waals surface area contributed by atoms with E-state index in [-0.39, 0.29) is 10.8 Å². The molecule has 4 aromatic rings. The van der Waals surface area contributed by atoms with E-state index in [1.807, 2.05) is 0 Å². The van der Waals surface area contributed by atoms with Crippen LogP contribution in [0.1, 0.15) is 11.3 Å². The standard InChI is InChI=1S/C18H8ClFN6O2/c19-17-22-6-4-14(25-17)16-21-5-3-12(24-16)2-1-10-7-11-9-23-26(18(27)28)15(11)13(20)8-10/h3-9H,(H,27,28). The predicted molar refractivity (Wildman–Crippen MR) is 97.2 cm³/mol. The molecule has 0 saturated heterocycles. The third-order valence-corrected chi connectivity index (χ3v) is 3.83. The van der Waals surface area contributed by atoms with Crippen LogP contribution in [0, 0.1) is 17.7 Å². The summed E-state index contributed by atoms with van der Waals surface area (Å²) in [6.45, 7) is 0. The van der Waals surface area contributed by atoms with E-state index in [0.29, 0.717) is 32.8 Å². The summed E-state index contributed by atoms with van der Waals surface area (Å²) in [5.74, 6) is 5.20.